The molecule has 0 atom stereocenters. The van der Waals surface area contributed by atoms with E-state index in [2.05, 4.69) is 26.4 Å². The Labute approximate surface area is 143 Å². The van der Waals surface area contributed by atoms with Crippen LogP contribution in [0.1, 0.15) is 18.9 Å². The second-order valence-corrected chi connectivity index (χ2v) is 6.56. The second-order valence-electron chi connectivity index (χ2n) is 5.55. The Bertz CT molecular complexity index is 924. The molecule has 0 bridgehead atoms. The zero-order valence-corrected chi connectivity index (χ0v) is 14.3. The molecule has 8 heteroatoms. The van der Waals surface area contributed by atoms with Gasteiger partial charge in [0, 0.05) is 11.4 Å². The van der Waals surface area contributed by atoms with Crippen molar-refractivity contribution in [2.75, 3.05) is 12.5 Å². The molecule has 3 heterocycles. The fourth-order valence-electron chi connectivity index (χ4n) is 2.67. The maximum absolute atomic E-state index is 5.96. The molecule has 0 saturated carbocycles. The minimum absolute atomic E-state index is 0.267. The van der Waals surface area contributed by atoms with Crippen LogP contribution >= 0.6 is 11.8 Å². The number of hydrogen-bond donors (Lipinski definition) is 1. The van der Waals surface area contributed by atoms with Crippen molar-refractivity contribution in [1.82, 2.24) is 19.5 Å². The topological polar surface area (TPSA) is 88.1 Å². The highest BCUT2D eigenvalue weighted by molar-refractivity contribution is 7.99. The number of rotatable bonds is 4. The quantitative estimate of drug-likeness (QED) is 0.779. The molecule has 124 valence electrons. The normalized spacial score (nSPS) is 12.9. The molecule has 0 spiro atoms. The lowest BCUT2D eigenvalue weighted by atomic mass is 10.2. The van der Waals surface area contributed by atoms with Crippen LogP contribution in [0.5, 0.6) is 11.5 Å². The van der Waals surface area contributed by atoms with E-state index in [0.717, 1.165) is 45.7 Å². The molecule has 1 aromatic carbocycles. The Morgan fingerprint density at radius 2 is 2.04 bits per heavy atom. The maximum Gasteiger partial charge on any atom is 0.231 e. The van der Waals surface area contributed by atoms with Gasteiger partial charge in [0.05, 0.1) is 0 Å². The van der Waals surface area contributed by atoms with Crippen molar-refractivity contribution in [3.05, 3.63) is 24.0 Å². The highest BCUT2D eigenvalue weighted by Crippen LogP contribution is 2.40. The molecule has 0 unspecified atom stereocenters. The van der Waals surface area contributed by atoms with E-state index >= 15 is 0 Å². The van der Waals surface area contributed by atoms with Crippen LogP contribution in [0.3, 0.4) is 0 Å². The molecule has 0 saturated heterocycles. The molecule has 4 rings (SSSR count). The molecular weight excluding hydrogens is 326 g/mol. The third-order valence-electron chi connectivity index (χ3n) is 3.84. The van der Waals surface area contributed by atoms with Crippen LogP contribution in [0.4, 0.5) is 5.82 Å². The Hall–Kier alpha value is -2.48. The van der Waals surface area contributed by atoms with Crippen molar-refractivity contribution in [2.24, 2.45) is 0 Å². The third kappa shape index (κ3) is 2.43. The molecule has 2 aromatic heterocycles. The molecule has 2 N–H and O–H groups in total. The van der Waals surface area contributed by atoms with Gasteiger partial charge in [-0.3, -0.25) is 0 Å². The summed E-state index contributed by atoms with van der Waals surface area (Å²) >= 11 is 1.57. The van der Waals surface area contributed by atoms with Crippen molar-refractivity contribution in [1.29, 1.82) is 0 Å². The minimum Gasteiger partial charge on any atom is -0.454 e. The van der Waals surface area contributed by atoms with Gasteiger partial charge in [0.25, 0.3) is 0 Å². The Kier molecular flexibility index (Phi) is 3.68. The van der Waals surface area contributed by atoms with Crippen LogP contribution in [0.25, 0.3) is 11.2 Å². The fraction of sp³-hybridized carbons (Fsp3) is 0.312. The Morgan fingerprint density at radius 1 is 1.25 bits per heavy atom. The van der Waals surface area contributed by atoms with Crippen LogP contribution in [-0.2, 0) is 6.54 Å². The highest BCUT2D eigenvalue weighted by atomic mass is 32.2. The van der Waals surface area contributed by atoms with Gasteiger partial charge in [0.15, 0.2) is 33.6 Å². The monoisotopic (exact) mass is 343 g/mol. The first-order chi connectivity index (χ1) is 11.7. The molecule has 3 aromatic rings. The number of nitrogens with zero attached hydrogens (tertiary/aromatic N) is 4. The van der Waals surface area contributed by atoms with Gasteiger partial charge >= 0.3 is 0 Å². The molecule has 0 fully saturated rings. The number of ether oxygens (including phenoxy) is 2. The third-order valence-corrected chi connectivity index (χ3v) is 5.00. The summed E-state index contributed by atoms with van der Waals surface area (Å²) < 4.78 is 13.0. The average molecular weight is 343 g/mol. The number of aryl methyl sites for hydroxylation is 2. The summed E-state index contributed by atoms with van der Waals surface area (Å²) in [6.45, 7) is 5.25. The molecule has 0 aliphatic carbocycles. The van der Waals surface area contributed by atoms with E-state index < -0.39 is 0 Å². The van der Waals surface area contributed by atoms with E-state index in [-0.39, 0.29) is 6.79 Å². The molecule has 1 aliphatic rings. The van der Waals surface area contributed by atoms with E-state index in [4.69, 9.17) is 15.2 Å². The predicted octanol–water partition coefficient (Wildman–Crippen LogP) is 3.01. The van der Waals surface area contributed by atoms with Gasteiger partial charge in [-0.1, -0.05) is 18.7 Å². The van der Waals surface area contributed by atoms with Gasteiger partial charge in [-0.25, -0.2) is 15.0 Å². The number of nitrogen functional groups attached to an aromatic ring is 1. The van der Waals surface area contributed by atoms with Crippen LogP contribution < -0.4 is 15.2 Å². The number of aromatic nitrogens is 4. The summed E-state index contributed by atoms with van der Waals surface area (Å²) in [6.07, 6.45) is 2.45. The van der Waals surface area contributed by atoms with Crippen molar-refractivity contribution in [3.8, 4) is 11.5 Å². The smallest absolute Gasteiger partial charge is 0.231 e. The first-order valence-corrected chi connectivity index (χ1v) is 8.54. The summed E-state index contributed by atoms with van der Waals surface area (Å²) in [6, 6.07) is 3.98. The molecule has 0 radical (unpaired) electrons. The number of imidazole rings is 1. The lowest BCUT2D eigenvalue weighted by Crippen LogP contribution is -2.01. The second kappa shape index (κ2) is 5.86. The largest absolute Gasteiger partial charge is 0.454 e. The lowest BCUT2D eigenvalue weighted by Gasteiger charge is -2.09. The summed E-state index contributed by atoms with van der Waals surface area (Å²) in [7, 11) is 0. The standard InChI is InChI=1S/C16H17N5O2S/c1-3-4-21-15-13(14(17)18-7-19-15)20-16(21)24-12-6-11-10(5-9(12)2)22-8-23-11/h5-7H,3-4,8H2,1-2H3,(H2,17,18,19). The van der Waals surface area contributed by atoms with Gasteiger partial charge in [0.1, 0.15) is 6.33 Å². The molecule has 7 nitrogen and oxygen atoms in total. The Morgan fingerprint density at radius 3 is 2.83 bits per heavy atom. The molecule has 1 aliphatic heterocycles. The number of benzene rings is 1. The van der Waals surface area contributed by atoms with Gasteiger partial charge in [-0.15, -0.1) is 0 Å². The first kappa shape index (κ1) is 15.1. The zero-order valence-electron chi connectivity index (χ0n) is 13.4. The van der Waals surface area contributed by atoms with Gasteiger partial charge < -0.3 is 19.8 Å². The Balaban J connectivity index is 1.80. The van der Waals surface area contributed by atoms with Crippen molar-refractivity contribution < 1.29 is 9.47 Å². The number of anilines is 1. The molecule has 0 amide bonds. The van der Waals surface area contributed by atoms with Gasteiger partial charge in [0.2, 0.25) is 6.79 Å². The first-order valence-electron chi connectivity index (χ1n) is 7.72. The fourth-order valence-corrected chi connectivity index (χ4v) is 3.68. The minimum atomic E-state index is 0.267. The predicted molar refractivity (Wildman–Crippen MR) is 91.5 cm³/mol. The van der Waals surface area contributed by atoms with E-state index in [1.54, 1.807) is 11.8 Å². The number of hydrogen-bond acceptors (Lipinski definition) is 7. The van der Waals surface area contributed by atoms with E-state index in [9.17, 15) is 0 Å². The summed E-state index contributed by atoms with van der Waals surface area (Å²) in [5.41, 5.74) is 8.48. The van der Waals surface area contributed by atoms with Crippen LogP contribution in [0, 0.1) is 6.92 Å². The summed E-state index contributed by atoms with van der Waals surface area (Å²) in [4.78, 5) is 14.1. The van der Waals surface area contributed by atoms with E-state index in [1.165, 1.54) is 6.33 Å². The van der Waals surface area contributed by atoms with Crippen molar-refractivity contribution in [3.63, 3.8) is 0 Å². The van der Waals surface area contributed by atoms with Crippen LogP contribution in [0.15, 0.2) is 28.5 Å². The molecule has 24 heavy (non-hydrogen) atoms. The van der Waals surface area contributed by atoms with Gasteiger partial charge in [-0.2, -0.15) is 0 Å². The summed E-state index contributed by atoms with van der Waals surface area (Å²) in [5.74, 6) is 1.95. The van der Waals surface area contributed by atoms with Gasteiger partial charge in [-0.05, 0) is 31.0 Å². The lowest BCUT2D eigenvalue weighted by molar-refractivity contribution is 0.174. The van der Waals surface area contributed by atoms with Crippen molar-refractivity contribution >= 4 is 28.7 Å². The van der Waals surface area contributed by atoms with Crippen molar-refractivity contribution in [2.45, 2.75) is 36.9 Å². The SMILES string of the molecule is CCCn1c(Sc2cc3c(cc2C)OCO3)nc2c(N)ncnc21. The van der Waals surface area contributed by atoms with E-state index in [1.807, 2.05) is 19.1 Å². The van der Waals surface area contributed by atoms with E-state index in [0.29, 0.717) is 11.3 Å². The summed E-state index contributed by atoms with van der Waals surface area (Å²) in [5, 5.41) is 0.848. The van der Waals surface area contributed by atoms with Crippen LogP contribution in [-0.4, -0.2) is 26.3 Å². The average Bonchev–Trinajstić information content (AvgIpc) is 3.14. The number of nitrogens with two attached hydrogens (primary N) is 1. The zero-order chi connectivity index (χ0) is 16.7. The molecular formula is C16H17N5O2S. The maximum atomic E-state index is 5.96. The van der Waals surface area contributed by atoms with Crippen LogP contribution in [0.2, 0.25) is 0 Å². The highest BCUT2D eigenvalue weighted by Gasteiger charge is 2.19. The number of fused-ring (bicyclic) bond motifs is 2.